The first-order valence-electron chi connectivity index (χ1n) is 6.91. The molecule has 1 aliphatic rings. The molecule has 2 N–H and O–H groups in total. The molecule has 0 aromatic heterocycles. The van der Waals surface area contributed by atoms with Gasteiger partial charge in [0, 0.05) is 5.69 Å². The number of anilines is 1. The first-order valence-corrected chi connectivity index (χ1v) is 7.66. The van der Waals surface area contributed by atoms with Crippen LogP contribution in [0.5, 0.6) is 0 Å². The Kier molecular flexibility index (Phi) is 4.23. The van der Waals surface area contributed by atoms with Crippen molar-refractivity contribution >= 4 is 34.8 Å². The number of β-lactam (4-membered cyclic amide) rings is 1. The van der Waals surface area contributed by atoms with Crippen LogP contribution >= 0.6 is 23.2 Å². The molecule has 126 valence electrons. The zero-order valence-electron chi connectivity index (χ0n) is 12.0. The van der Waals surface area contributed by atoms with Gasteiger partial charge >= 0.3 is 6.18 Å². The summed E-state index contributed by atoms with van der Waals surface area (Å²) in [5.74, 6) is -0.335. The van der Waals surface area contributed by atoms with Gasteiger partial charge in [-0.1, -0.05) is 35.3 Å². The van der Waals surface area contributed by atoms with Crippen LogP contribution in [-0.2, 0) is 11.0 Å². The fourth-order valence-electron chi connectivity index (χ4n) is 2.66. The summed E-state index contributed by atoms with van der Waals surface area (Å²) in [6, 6.07) is 7.87. The van der Waals surface area contributed by atoms with Crippen molar-refractivity contribution in [3.63, 3.8) is 0 Å². The van der Waals surface area contributed by atoms with Crippen LogP contribution in [0.4, 0.5) is 18.9 Å². The van der Waals surface area contributed by atoms with E-state index >= 15 is 0 Å². The van der Waals surface area contributed by atoms with Gasteiger partial charge in [-0.15, -0.1) is 0 Å². The molecule has 1 aliphatic heterocycles. The summed E-state index contributed by atoms with van der Waals surface area (Å²) in [6.45, 7) is 0. The first kappa shape index (κ1) is 17.1. The van der Waals surface area contributed by atoms with Gasteiger partial charge in [-0.3, -0.25) is 4.79 Å². The lowest BCUT2D eigenvalue weighted by Gasteiger charge is -2.45. The number of nitrogens with zero attached hydrogens (tertiary/aromatic N) is 1. The third-order valence-corrected chi connectivity index (χ3v) is 4.64. The molecule has 8 heteroatoms. The van der Waals surface area contributed by atoms with E-state index in [1.165, 1.54) is 23.1 Å². The largest absolute Gasteiger partial charge is 0.416 e. The van der Waals surface area contributed by atoms with Gasteiger partial charge in [0.2, 0.25) is 5.91 Å². The minimum Gasteiger partial charge on any atom is -0.318 e. The summed E-state index contributed by atoms with van der Waals surface area (Å²) in [4.78, 5) is 13.5. The highest BCUT2D eigenvalue weighted by Gasteiger charge is 2.47. The van der Waals surface area contributed by atoms with E-state index in [9.17, 15) is 18.0 Å². The second kappa shape index (κ2) is 5.95. The van der Waals surface area contributed by atoms with Crippen molar-refractivity contribution in [2.75, 3.05) is 4.90 Å². The molecule has 0 radical (unpaired) electrons. The van der Waals surface area contributed by atoms with E-state index in [0.29, 0.717) is 16.3 Å². The van der Waals surface area contributed by atoms with Gasteiger partial charge in [-0.25, -0.2) is 0 Å². The van der Waals surface area contributed by atoms with Crippen LogP contribution in [0, 0.1) is 0 Å². The van der Waals surface area contributed by atoms with Gasteiger partial charge < -0.3 is 10.6 Å². The predicted molar refractivity (Wildman–Crippen MR) is 86.1 cm³/mol. The third-order valence-electron chi connectivity index (χ3n) is 3.90. The van der Waals surface area contributed by atoms with Crippen molar-refractivity contribution in [2.45, 2.75) is 18.3 Å². The molecular formula is C16H11Cl2F3N2O. The number of benzene rings is 2. The molecule has 1 heterocycles. The number of hydrogen-bond donors (Lipinski definition) is 1. The van der Waals surface area contributed by atoms with Crippen molar-refractivity contribution in [1.82, 2.24) is 0 Å². The highest BCUT2D eigenvalue weighted by Crippen LogP contribution is 2.40. The monoisotopic (exact) mass is 374 g/mol. The number of carbonyl (C=O) groups excluding carboxylic acids is 1. The van der Waals surface area contributed by atoms with Gasteiger partial charge in [0.15, 0.2) is 0 Å². The van der Waals surface area contributed by atoms with E-state index in [1.807, 2.05) is 0 Å². The Labute approximate surface area is 145 Å². The van der Waals surface area contributed by atoms with Crippen LogP contribution in [-0.4, -0.2) is 11.9 Å². The van der Waals surface area contributed by atoms with Crippen LogP contribution in [0.2, 0.25) is 10.0 Å². The minimum atomic E-state index is -4.42. The summed E-state index contributed by atoms with van der Waals surface area (Å²) in [6.07, 6.45) is -4.42. The molecule has 3 nitrogen and oxygen atoms in total. The fourth-order valence-corrected chi connectivity index (χ4v) is 2.95. The SMILES string of the molecule is N[C@H]1C(=O)N(c2ccc(Cl)c(Cl)c2)[C@@H]1c1ccc(C(F)(F)F)cc1. The average molecular weight is 375 g/mol. The summed E-state index contributed by atoms with van der Waals surface area (Å²) in [7, 11) is 0. The highest BCUT2D eigenvalue weighted by atomic mass is 35.5. The number of nitrogens with two attached hydrogens (primary N) is 1. The van der Waals surface area contributed by atoms with E-state index in [4.69, 9.17) is 28.9 Å². The van der Waals surface area contributed by atoms with Crippen molar-refractivity contribution in [3.05, 3.63) is 63.6 Å². The summed E-state index contributed by atoms with van der Waals surface area (Å²) < 4.78 is 38.0. The van der Waals surface area contributed by atoms with Crippen LogP contribution in [0.25, 0.3) is 0 Å². The maximum atomic E-state index is 12.7. The van der Waals surface area contributed by atoms with Crippen molar-refractivity contribution in [1.29, 1.82) is 0 Å². The molecule has 3 rings (SSSR count). The lowest BCUT2D eigenvalue weighted by Crippen LogP contribution is -2.63. The van der Waals surface area contributed by atoms with Crippen LogP contribution in [0.15, 0.2) is 42.5 Å². The molecule has 2 aromatic carbocycles. The van der Waals surface area contributed by atoms with Crippen molar-refractivity contribution in [3.8, 4) is 0 Å². The van der Waals surface area contributed by atoms with Gasteiger partial charge in [0.1, 0.15) is 6.04 Å². The molecular weight excluding hydrogens is 364 g/mol. The van der Waals surface area contributed by atoms with Gasteiger partial charge in [0.05, 0.1) is 21.7 Å². The zero-order chi connectivity index (χ0) is 17.6. The minimum absolute atomic E-state index is 0.272. The number of halogens is 5. The number of alkyl halides is 3. The lowest BCUT2D eigenvalue weighted by atomic mass is 9.88. The molecule has 0 unspecified atom stereocenters. The van der Waals surface area contributed by atoms with E-state index < -0.39 is 23.8 Å². The Balaban J connectivity index is 1.94. The molecule has 1 saturated heterocycles. The Morgan fingerprint density at radius 3 is 2.17 bits per heavy atom. The summed E-state index contributed by atoms with van der Waals surface area (Å²) in [5.41, 5.74) is 6.09. The quantitative estimate of drug-likeness (QED) is 0.790. The standard InChI is InChI=1S/C16H11Cl2F3N2O/c17-11-6-5-10(7-12(11)18)23-14(13(22)15(23)24)8-1-3-9(4-2-8)16(19,20)21/h1-7,13-14H,22H2/t13-,14-/m1/s1. The van der Waals surface area contributed by atoms with Crippen molar-refractivity contribution in [2.24, 2.45) is 5.73 Å². The number of amides is 1. The van der Waals surface area contributed by atoms with Gasteiger partial charge in [0.25, 0.3) is 0 Å². The van der Waals surface area contributed by atoms with E-state index in [-0.39, 0.29) is 10.9 Å². The van der Waals surface area contributed by atoms with Crippen LogP contribution in [0.3, 0.4) is 0 Å². The van der Waals surface area contributed by atoms with Gasteiger partial charge in [-0.2, -0.15) is 13.2 Å². The van der Waals surface area contributed by atoms with E-state index in [2.05, 4.69) is 0 Å². The third kappa shape index (κ3) is 2.85. The smallest absolute Gasteiger partial charge is 0.318 e. The molecule has 0 bridgehead atoms. The molecule has 1 amide bonds. The predicted octanol–water partition coefficient (Wildman–Crippen LogP) is 4.43. The van der Waals surface area contributed by atoms with Crippen molar-refractivity contribution < 1.29 is 18.0 Å². The van der Waals surface area contributed by atoms with E-state index in [1.54, 1.807) is 12.1 Å². The second-order valence-electron chi connectivity index (χ2n) is 5.40. The molecule has 0 aliphatic carbocycles. The first-order chi connectivity index (χ1) is 11.2. The maximum absolute atomic E-state index is 12.7. The number of rotatable bonds is 2. The van der Waals surface area contributed by atoms with Crippen LogP contribution < -0.4 is 10.6 Å². The van der Waals surface area contributed by atoms with Gasteiger partial charge in [-0.05, 0) is 35.9 Å². The Bertz CT molecular complexity index is 793. The normalized spacial score (nSPS) is 20.9. The average Bonchev–Trinajstić information content (AvgIpc) is 2.54. The van der Waals surface area contributed by atoms with E-state index in [0.717, 1.165) is 12.1 Å². The molecule has 24 heavy (non-hydrogen) atoms. The Morgan fingerprint density at radius 2 is 1.62 bits per heavy atom. The lowest BCUT2D eigenvalue weighted by molar-refractivity contribution is -0.137. The number of hydrogen-bond acceptors (Lipinski definition) is 2. The molecule has 1 fully saturated rings. The summed E-state index contributed by atoms with van der Waals surface area (Å²) >= 11 is 11.8. The molecule has 0 saturated carbocycles. The summed E-state index contributed by atoms with van der Waals surface area (Å²) in [5, 5.41) is 0.609. The molecule has 2 aromatic rings. The second-order valence-corrected chi connectivity index (χ2v) is 6.21. The topological polar surface area (TPSA) is 46.3 Å². The fraction of sp³-hybridized carbons (Fsp3) is 0.188. The molecule has 2 atom stereocenters. The highest BCUT2D eigenvalue weighted by molar-refractivity contribution is 6.42. The zero-order valence-corrected chi connectivity index (χ0v) is 13.5. The maximum Gasteiger partial charge on any atom is 0.416 e. The van der Waals surface area contributed by atoms with Crippen LogP contribution in [0.1, 0.15) is 17.2 Å². The Hall–Kier alpha value is -1.76. The molecule has 0 spiro atoms. The number of carbonyl (C=O) groups is 1. The Morgan fingerprint density at radius 1 is 1.00 bits per heavy atom.